The van der Waals surface area contributed by atoms with Gasteiger partial charge in [0.2, 0.25) is 0 Å². The number of ether oxygens (including phenoxy) is 3. The average Bonchev–Trinajstić information content (AvgIpc) is 2.81. The fraction of sp³-hybridized carbons (Fsp3) is 0.125. The van der Waals surface area contributed by atoms with Crippen molar-refractivity contribution < 1.29 is 28.6 Å². The molecule has 0 saturated carbocycles. The Hall–Kier alpha value is -4.33. The molecule has 0 aromatic heterocycles. The van der Waals surface area contributed by atoms with Gasteiger partial charge in [-0.05, 0) is 79.7 Å². The summed E-state index contributed by atoms with van der Waals surface area (Å²) in [4.78, 5) is 36.1. The molecule has 0 aliphatic carbocycles. The summed E-state index contributed by atoms with van der Waals surface area (Å²) in [7, 11) is 1.56. The van der Waals surface area contributed by atoms with Crippen molar-refractivity contribution in [3.8, 4) is 11.5 Å². The summed E-state index contributed by atoms with van der Waals surface area (Å²) in [5.74, 6) is 0.358. The summed E-state index contributed by atoms with van der Waals surface area (Å²) >= 11 is 0. The van der Waals surface area contributed by atoms with E-state index in [9.17, 15) is 14.4 Å². The van der Waals surface area contributed by atoms with Crippen LogP contribution in [0.5, 0.6) is 11.5 Å². The Morgan fingerprint density at radius 1 is 0.688 bits per heavy atom. The minimum Gasteiger partial charge on any atom is -0.497 e. The van der Waals surface area contributed by atoms with E-state index in [4.69, 9.17) is 14.2 Å². The predicted octanol–water partition coefficient (Wildman–Crippen LogP) is 4.74. The van der Waals surface area contributed by atoms with Gasteiger partial charge in [-0.15, -0.1) is 0 Å². The van der Waals surface area contributed by atoms with Crippen molar-refractivity contribution in [2.24, 2.45) is 0 Å². The Bertz CT molecular complexity index is 1080. The Labute approximate surface area is 185 Å². The first-order chi connectivity index (χ1) is 15.5. The number of rotatable bonds is 7. The largest absolute Gasteiger partial charge is 0.513 e. The van der Waals surface area contributed by atoms with Gasteiger partial charge in [-0.3, -0.25) is 9.59 Å². The van der Waals surface area contributed by atoms with Crippen molar-refractivity contribution >= 4 is 29.3 Å². The fourth-order valence-corrected chi connectivity index (χ4v) is 2.70. The number of hydrogen-bond acceptors (Lipinski definition) is 6. The lowest BCUT2D eigenvalue weighted by atomic mass is 10.2. The molecule has 0 fully saturated rings. The lowest BCUT2D eigenvalue weighted by molar-refractivity contribution is 0.101. The van der Waals surface area contributed by atoms with Gasteiger partial charge in [0.25, 0.3) is 11.8 Å². The van der Waals surface area contributed by atoms with E-state index in [0.717, 1.165) is 0 Å². The molecule has 0 bridgehead atoms. The molecule has 0 spiro atoms. The Morgan fingerprint density at radius 3 is 1.53 bits per heavy atom. The number of carbonyl (C=O) groups excluding carboxylic acids is 3. The van der Waals surface area contributed by atoms with Crippen molar-refractivity contribution in [2.45, 2.75) is 6.92 Å². The van der Waals surface area contributed by atoms with Crippen LogP contribution in [0, 0.1) is 0 Å². The van der Waals surface area contributed by atoms with Crippen LogP contribution in [0.15, 0.2) is 72.8 Å². The van der Waals surface area contributed by atoms with Crippen LogP contribution in [0.1, 0.15) is 27.6 Å². The van der Waals surface area contributed by atoms with Crippen LogP contribution < -0.4 is 20.1 Å². The second-order valence-corrected chi connectivity index (χ2v) is 6.52. The zero-order valence-corrected chi connectivity index (χ0v) is 17.6. The Kier molecular flexibility index (Phi) is 7.42. The molecule has 0 aliphatic heterocycles. The van der Waals surface area contributed by atoms with Crippen LogP contribution in [-0.4, -0.2) is 31.7 Å². The van der Waals surface area contributed by atoms with Gasteiger partial charge in [0.05, 0.1) is 13.7 Å². The maximum absolute atomic E-state index is 12.4. The van der Waals surface area contributed by atoms with Gasteiger partial charge in [0.1, 0.15) is 11.5 Å². The molecule has 3 aromatic rings. The second kappa shape index (κ2) is 10.6. The SMILES string of the molecule is CCOC(=O)Oc1ccc(C(=O)Nc2ccc(NC(=O)c3ccc(OC)cc3)cc2)cc1. The fourth-order valence-electron chi connectivity index (χ4n) is 2.70. The zero-order valence-electron chi connectivity index (χ0n) is 17.6. The first kappa shape index (κ1) is 22.4. The number of methoxy groups -OCH3 is 1. The number of benzene rings is 3. The van der Waals surface area contributed by atoms with Gasteiger partial charge < -0.3 is 24.8 Å². The summed E-state index contributed by atoms with van der Waals surface area (Å²) in [6.07, 6.45) is -0.802. The van der Waals surface area contributed by atoms with E-state index in [0.29, 0.717) is 28.3 Å². The Balaban J connectivity index is 1.56. The predicted molar refractivity (Wildman–Crippen MR) is 119 cm³/mol. The molecule has 0 heterocycles. The van der Waals surface area contributed by atoms with Gasteiger partial charge in [0.15, 0.2) is 0 Å². The van der Waals surface area contributed by atoms with E-state index in [2.05, 4.69) is 10.6 Å². The third kappa shape index (κ3) is 6.09. The molecule has 8 heteroatoms. The monoisotopic (exact) mass is 434 g/mol. The Morgan fingerprint density at radius 2 is 1.12 bits per heavy atom. The van der Waals surface area contributed by atoms with Crippen molar-refractivity contribution in [3.63, 3.8) is 0 Å². The second-order valence-electron chi connectivity index (χ2n) is 6.52. The zero-order chi connectivity index (χ0) is 22.9. The maximum Gasteiger partial charge on any atom is 0.513 e. The molecule has 0 unspecified atom stereocenters. The van der Waals surface area contributed by atoms with Gasteiger partial charge >= 0.3 is 6.16 Å². The molecular weight excluding hydrogens is 412 g/mol. The van der Waals surface area contributed by atoms with Gasteiger partial charge in [-0.2, -0.15) is 0 Å². The van der Waals surface area contributed by atoms with E-state index in [1.807, 2.05) is 0 Å². The van der Waals surface area contributed by atoms with Crippen LogP contribution in [0.2, 0.25) is 0 Å². The average molecular weight is 434 g/mol. The van der Waals surface area contributed by atoms with Crippen molar-refractivity contribution in [3.05, 3.63) is 83.9 Å². The first-order valence-electron chi connectivity index (χ1n) is 9.80. The standard InChI is InChI=1S/C24H22N2O6/c1-3-31-24(29)32-21-14-6-17(7-15-21)23(28)26-19-10-8-18(9-11-19)25-22(27)16-4-12-20(30-2)13-5-16/h4-15H,3H2,1-2H3,(H,25,27)(H,26,28). The summed E-state index contributed by atoms with van der Waals surface area (Å²) < 4.78 is 14.7. The van der Waals surface area contributed by atoms with E-state index in [1.165, 1.54) is 24.3 Å². The van der Waals surface area contributed by atoms with Crippen molar-refractivity contribution in [1.82, 2.24) is 0 Å². The van der Waals surface area contributed by atoms with E-state index < -0.39 is 6.16 Å². The molecule has 8 nitrogen and oxygen atoms in total. The molecule has 164 valence electrons. The molecule has 0 radical (unpaired) electrons. The van der Waals surface area contributed by atoms with Crippen LogP contribution in [0.3, 0.4) is 0 Å². The quantitative estimate of drug-likeness (QED) is 0.411. The summed E-state index contributed by atoms with van der Waals surface area (Å²) in [5, 5.41) is 5.56. The highest BCUT2D eigenvalue weighted by molar-refractivity contribution is 6.05. The smallest absolute Gasteiger partial charge is 0.497 e. The molecule has 3 rings (SSSR count). The summed E-state index contributed by atoms with van der Waals surface area (Å²) in [6, 6.07) is 19.6. The molecule has 3 aromatic carbocycles. The lowest BCUT2D eigenvalue weighted by Crippen LogP contribution is -2.13. The van der Waals surface area contributed by atoms with Crippen LogP contribution >= 0.6 is 0 Å². The summed E-state index contributed by atoms with van der Waals surface area (Å²) in [5.41, 5.74) is 2.03. The molecule has 0 atom stereocenters. The molecule has 2 amide bonds. The third-order valence-corrected chi connectivity index (χ3v) is 4.33. The van der Waals surface area contributed by atoms with Crippen molar-refractivity contribution in [1.29, 1.82) is 0 Å². The molecule has 0 saturated heterocycles. The van der Waals surface area contributed by atoms with E-state index >= 15 is 0 Å². The number of anilines is 2. The van der Waals surface area contributed by atoms with E-state index in [1.54, 1.807) is 62.6 Å². The van der Waals surface area contributed by atoms with Gasteiger partial charge in [0, 0.05) is 22.5 Å². The molecule has 2 N–H and O–H groups in total. The van der Waals surface area contributed by atoms with Crippen LogP contribution in [0.4, 0.5) is 16.2 Å². The van der Waals surface area contributed by atoms with Gasteiger partial charge in [-0.1, -0.05) is 0 Å². The minimum atomic E-state index is -0.802. The number of amides is 2. The van der Waals surface area contributed by atoms with Crippen LogP contribution in [-0.2, 0) is 4.74 Å². The number of hydrogen-bond donors (Lipinski definition) is 2. The van der Waals surface area contributed by atoms with Crippen molar-refractivity contribution in [2.75, 3.05) is 24.4 Å². The normalized spacial score (nSPS) is 10.1. The number of carbonyl (C=O) groups is 3. The third-order valence-electron chi connectivity index (χ3n) is 4.33. The highest BCUT2D eigenvalue weighted by Gasteiger charge is 2.10. The van der Waals surface area contributed by atoms with Crippen LogP contribution in [0.25, 0.3) is 0 Å². The molecular formula is C24H22N2O6. The highest BCUT2D eigenvalue weighted by Crippen LogP contribution is 2.18. The molecule has 0 aliphatic rings. The number of nitrogens with one attached hydrogen (secondary N) is 2. The molecule has 32 heavy (non-hydrogen) atoms. The summed E-state index contributed by atoms with van der Waals surface area (Å²) in [6.45, 7) is 1.89. The topological polar surface area (TPSA) is 103 Å². The lowest BCUT2D eigenvalue weighted by Gasteiger charge is -2.09. The van der Waals surface area contributed by atoms with E-state index in [-0.39, 0.29) is 24.2 Å². The maximum atomic E-state index is 12.4. The van der Waals surface area contributed by atoms with Gasteiger partial charge in [-0.25, -0.2) is 4.79 Å². The minimum absolute atomic E-state index is 0.212. The highest BCUT2D eigenvalue weighted by atomic mass is 16.7. The first-order valence-corrected chi connectivity index (χ1v) is 9.80.